The largest absolute Gasteiger partial charge is 0.351 e. The van der Waals surface area contributed by atoms with Crippen LogP contribution in [-0.2, 0) is 4.79 Å². The van der Waals surface area contributed by atoms with Crippen molar-refractivity contribution in [1.29, 1.82) is 0 Å². The van der Waals surface area contributed by atoms with Crippen LogP contribution in [0.25, 0.3) is 0 Å². The molecule has 1 atom stereocenters. The van der Waals surface area contributed by atoms with E-state index < -0.39 is 0 Å². The minimum absolute atomic E-state index is 0.0917. The third-order valence-electron chi connectivity index (χ3n) is 1.74. The van der Waals surface area contributed by atoms with Crippen LogP contribution >= 0.6 is 24.0 Å². The SMILES string of the molecule is CSCCN1C(=O)C(C)NC1=S. The van der Waals surface area contributed by atoms with Crippen molar-refractivity contribution in [3.8, 4) is 0 Å². The van der Waals surface area contributed by atoms with Gasteiger partial charge in [-0.1, -0.05) is 0 Å². The molecule has 0 aromatic rings. The second-order valence-electron chi connectivity index (χ2n) is 2.65. The smallest absolute Gasteiger partial charge is 0.251 e. The number of nitrogens with zero attached hydrogens (tertiary/aromatic N) is 1. The highest BCUT2D eigenvalue weighted by atomic mass is 32.2. The molecule has 0 radical (unpaired) electrons. The summed E-state index contributed by atoms with van der Waals surface area (Å²) < 4.78 is 0. The van der Waals surface area contributed by atoms with E-state index in [-0.39, 0.29) is 11.9 Å². The maximum Gasteiger partial charge on any atom is 0.251 e. The molecule has 0 bridgehead atoms. The Bertz CT molecular complexity index is 208. The Morgan fingerprint density at radius 1 is 1.75 bits per heavy atom. The summed E-state index contributed by atoms with van der Waals surface area (Å²) in [5, 5.41) is 3.49. The molecule has 1 saturated heterocycles. The number of thioether (sulfide) groups is 1. The third-order valence-corrected chi connectivity index (χ3v) is 2.67. The second kappa shape index (κ2) is 4.09. The van der Waals surface area contributed by atoms with Crippen molar-refractivity contribution in [1.82, 2.24) is 10.2 Å². The zero-order valence-corrected chi connectivity index (χ0v) is 8.80. The average Bonchev–Trinajstić information content (AvgIpc) is 2.25. The summed E-state index contributed by atoms with van der Waals surface area (Å²) in [4.78, 5) is 13.0. The second-order valence-corrected chi connectivity index (χ2v) is 4.03. The van der Waals surface area contributed by atoms with E-state index in [1.54, 1.807) is 16.7 Å². The highest BCUT2D eigenvalue weighted by Gasteiger charge is 2.31. The molecule has 1 heterocycles. The van der Waals surface area contributed by atoms with Crippen LogP contribution in [0, 0.1) is 0 Å². The lowest BCUT2D eigenvalue weighted by atomic mass is 10.3. The van der Waals surface area contributed by atoms with Crippen LogP contribution in [0.1, 0.15) is 6.92 Å². The summed E-state index contributed by atoms with van der Waals surface area (Å²) in [6.07, 6.45) is 2.01. The van der Waals surface area contributed by atoms with Crippen molar-refractivity contribution in [2.45, 2.75) is 13.0 Å². The summed E-state index contributed by atoms with van der Waals surface area (Å²) in [5.74, 6) is 1.02. The molecule has 0 aromatic carbocycles. The molecule has 1 fully saturated rings. The van der Waals surface area contributed by atoms with Crippen molar-refractivity contribution < 1.29 is 4.79 Å². The lowest BCUT2D eigenvalue weighted by Gasteiger charge is -2.12. The van der Waals surface area contributed by atoms with Crippen molar-refractivity contribution in [3.05, 3.63) is 0 Å². The van der Waals surface area contributed by atoms with Crippen LogP contribution in [0.3, 0.4) is 0 Å². The van der Waals surface area contributed by atoms with E-state index in [0.29, 0.717) is 5.11 Å². The van der Waals surface area contributed by atoms with E-state index in [0.717, 1.165) is 12.3 Å². The molecule has 12 heavy (non-hydrogen) atoms. The predicted molar refractivity (Wildman–Crippen MR) is 55.3 cm³/mol. The number of hydrogen-bond donors (Lipinski definition) is 1. The first-order chi connectivity index (χ1) is 5.66. The van der Waals surface area contributed by atoms with Gasteiger partial charge in [0.1, 0.15) is 6.04 Å². The highest BCUT2D eigenvalue weighted by Crippen LogP contribution is 2.06. The molecule has 3 nitrogen and oxygen atoms in total. The van der Waals surface area contributed by atoms with E-state index in [1.165, 1.54) is 0 Å². The van der Waals surface area contributed by atoms with Crippen molar-refractivity contribution in [2.24, 2.45) is 0 Å². The molecule has 1 aliphatic heterocycles. The van der Waals surface area contributed by atoms with E-state index in [2.05, 4.69) is 5.32 Å². The van der Waals surface area contributed by atoms with Crippen LogP contribution in [0.15, 0.2) is 0 Å². The molecule has 1 amide bonds. The van der Waals surface area contributed by atoms with Crippen molar-refractivity contribution >= 4 is 35.0 Å². The molecule has 5 heteroatoms. The standard InChI is InChI=1S/C7H12N2OS2/c1-5-6(10)9(3-4-12-2)7(11)8-5/h5H,3-4H2,1-2H3,(H,8,11). The molecule has 0 spiro atoms. The molecule has 1 aliphatic rings. The van der Waals surface area contributed by atoms with Gasteiger partial charge >= 0.3 is 0 Å². The number of amides is 1. The minimum Gasteiger partial charge on any atom is -0.351 e. The Hall–Kier alpha value is -0.290. The summed E-state index contributed by atoms with van der Waals surface area (Å²) in [6, 6.07) is -0.139. The van der Waals surface area contributed by atoms with E-state index >= 15 is 0 Å². The van der Waals surface area contributed by atoms with Gasteiger partial charge < -0.3 is 5.32 Å². The van der Waals surface area contributed by atoms with Gasteiger partial charge in [-0.2, -0.15) is 11.8 Å². The van der Waals surface area contributed by atoms with Gasteiger partial charge in [0.15, 0.2) is 5.11 Å². The maximum atomic E-state index is 11.4. The fourth-order valence-corrected chi connectivity index (χ4v) is 1.78. The van der Waals surface area contributed by atoms with Gasteiger partial charge in [0.2, 0.25) is 0 Å². The van der Waals surface area contributed by atoms with Crippen LogP contribution in [0.5, 0.6) is 0 Å². The summed E-state index contributed by atoms with van der Waals surface area (Å²) in [6.45, 7) is 2.55. The minimum atomic E-state index is -0.139. The molecule has 0 saturated carbocycles. The van der Waals surface area contributed by atoms with Gasteiger partial charge in [-0.05, 0) is 25.4 Å². The quantitative estimate of drug-likeness (QED) is 0.677. The summed E-state index contributed by atoms with van der Waals surface area (Å²) in [5.41, 5.74) is 0. The first-order valence-corrected chi connectivity index (χ1v) is 5.58. The lowest BCUT2D eigenvalue weighted by Crippen LogP contribution is -2.32. The molecular weight excluding hydrogens is 192 g/mol. The molecule has 1 unspecified atom stereocenters. The lowest BCUT2D eigenvalue weighted by molar-refractivity contribution is -0.126. The van der Waals surface area contributed by atoms with Crippen LogP contribution in [-0.4, -0.2) is 40.5 Å². The average molecular weight is 204 g/mol. The molecule has 1 N–H and O–H groups in total. The van der Waals surface area contributed by atoms with Crippen LogP contribution < -0.4 is 5.32 Å². The van der Waals surface area contributed by atoms with Crippen LogP contribution in [0.4, 0.5) is 0 Å². The molecular formula is C7H12N2OS2. The van der Waals surface area contributed by atoms with Gasteiger partial charge in [-0.25, -0.2) is 0 Å². The van der Waals surface area contributed by atoms with E-state index in [4.69, 9.17) is 12.2 Å². The van der Waals surface area contributed by atoms with Gasteiger partial charge in [-0.15, -0.1) is 0 Å². The Labute approximate surface area is 81.9 Å². The molecule has 68 valence electrons. The van der Waals surface area contributed by atoms with Gasteiger partial charge in [0.25, 0.3) is 5.91 Å². The molecule has 0 aromatic heterocycles. The number of rotatable bonds is 3. The van der Waals surface area contributed by atoms with Crippen LogP contribution in [0.2, 0.25) is 0 Å². The maximum absolute atomic E-state index is 11.4. The van der Waals surface area contributed by atoms with Crippen molar-refractivity contribution in [2.75, 3.05) is 18.6 Å². The first-order valence-electron chi connectivity index (χ1n) is 3.77. The van der Waals surface area contributed by atoms with E-state index in [9.17, 15) is 4.79 Å². The zero-order valence-electron chi connectivity index (χ0n) is 7.16. The molecule has 0 aliphatic carbocycles. The number of thiocarbonyl (C=S) groups is 1. The highest BCUT2D eigenvalue weighted by molar-refractivity contribution is 7.98. The number of nitrogens with one attached hydrogen (secondary N) is 1. The number of carbonyl (C=O) groups is 1. The first kappa shape index (κ1) is 9.80. The predicted octanol–water partition coefficient (Wildman–Crippen LogP) is 0.455. The number of carbonyl (C=O) groups excluding carboxylic acids is 1. The molecule has 1 rings (SSSR count). The third kappa shape index (κ3) is 1.90. The topological polar surface area (TPSA) is 32.3 Å². The van der Waals surface area contributed by atoms with Gasteiger partial charge in [0, 0.05) is 12.3 Å². The Morgan fingerprint density at radius 3 is 2.83 bits per heavy atom. The van der Waals surface area contributed by atoms with E-state index in [1.807, 2.05) is 13.2 Å². The fraction of sp³-hybridized carbons (Fsp3) is 0.714. The summed E-state index contributed by atoms with van der Waals surface area (Å²) in [7, 11) is 0. The normalized spacial score (nSPS) is 23.2. The van der Waals surface area contributed by atoms with Crippen molar-refractivity contribution in [3.63, 3.8) is 0 Å². The summed E-state index contributed by atoms with van der Waals surface area (Å²) >= 11 is 6.71. The Balaban J connectivity index is 2.52. The fourth-order valence-electron chi connectivity index (χ4n) is 1.05. The monoisotopic (exact) mass is 204 g/mol. The number of hydrogen-bond acceptors (Lipinski definition) is 3. The van der Waals surface area contributed by atoms with Gasteiger partial charge in [-0.3, -0.25) is 9.69 Å². The van der Waals surface area contributed by atoms with Gasteiger partial charge in [0.05, 0.1) is 0 Å². The Kier molecular flexibility index (Phi) is 3.34. The Morgan fingerprint density at radius 2 is 2.42 bits per heavy atom. The zero-order chi connectivity index (χ0) is 9.14.